The highest BCUT2D eigenvalue weighted by Crippen LogP contribution is 2.04. The van der Waals surface area contributed by atoms with Gasteiger partial charge in [-0.25, -0.2) is 4.79 Å². The number of rotatable bonds is 2. The molecular weight excluding hydrogens is 194 g/mol. The van der Waals surface area contributed by atoms with Crippen molar-refractivity contribution in [1.82, 2.24) is 14.7 Å². The van der Waals surface area contributed by atoms with Crippen LogP contribution in [0.15, 0.2) is 0 Å². The van der Waals surface area contributed by atoms with Crippen LogP contribution in [0, 0.1) is 0 Å². The summed E-state index contributed by atoms with van der Waals surface area (Å²) in [5, 5.41) is 8.84. The van der Waals surface area contributed by atoms with Gasteiger partial charge in [-0.05, 0) is 13.0 Å². The fourth-order valence-corrected chi connectivity index (χ4v) is 1.81. The van der Waals surface area contributed by atoms with Crippen LogP contribution in [0.1, 0.15) is 6.42 Å². The summed E-state index contributed by atoms with van der Waals surface area (Å²) in [6, 6.07) is 0.0841. The van der Waals surface area contributed by atoms with Crippen molar-refractivity contribution < 1.29 is 9.90 Å². The van der Waals surface area contributed by atoms with Crippen LogP contribution in [0.4, 0.5) is 4.79 Å². The van der Waals surface area contributed by atoms with Crippen LogP contribution in [0.2, 0.25) is 0 Å². The van der Waals surface area contributed by atoms with E-state index in [1.165, 1.54) is 0 Å². The lowest BCUT2D eigenvalue weighted by molar-refractivity contribution is 0.169. The molecule has 0 aliphatic carbocycles. The quantitative estimate of drug-likeness (QED) is 0.686. The van der Waals surface area contributed by atoms with Gasteiger partial charge in [0.2, 0.25) is 0 Å². The molecule has 0 saturated carbocycles. The lowest BCUT2D eigenvalue weighted by atomic mass is 10.4. The molecule has 0 aromatic heterocycles. The first-order valence-corrected chi connectivity index (χ1v) is 5.44. The normalized spacial score (nSPS) is 18.7. The number of β-amino-alcohol motifs (C(OH)–C–C–N with tert-alkyl or cyclic N) is 1. The van der Waals surface area contributed by atoms with E-state index < -0.39 is 0 Å². The van der Waals surface area contributed by atoms with E-state index in [0.29, 0.717) is 6.54 Å². The van der Waals surface area contributed by atoms with Crippen molar-refractivity contribution in [1.29, 1.82) is 0 Å². The Morgan fingerprint density at radius 3 is 2.60 bits per heavy atom. The average molecular weight is 215 g/mol. The number of carbonyl (C=O) groups is 1. The van der Waals surface area contributed by atoms with Crippen LogP contribution >= 0.6 is 0 Å². The Balaban J connectivity index is 2.42. The van der Waals surface area contributed by atoms with E-state index in [4.69, 9.17) is 5.11 Å². The zero-order valence-electron chi connectivity index (χ0n) is 9.65. The van der Waals surface area contributed by atoms with Gasteiger partial charge in [0.15, 0.2) is 0 Å². The number of urea groups is 1. The van der Waals surface area contributed by atoms with Gasteiger partial charge in [0.05, 0.1) is 6.61 Å². The van der Waals surface area contributed by atoms with E-state index in [1.807, 2.05) is 4.90 Å². The minimum absolute atomic E-state index is 0.0841. The van der Waals surface area contributed by atoms with Gasteiger partial charge < -0.3 is 14.9 Å². The van der Waals surface area contributed by atoms with Crippen molar-refractivity contribution in [2.75, 3.05) is 53.4 Å². The molecule has 1 aliphatic rings. The molecule has 0 aromatic carbocycles. The van der Waals surface area contributed by atoms with Gasteiger partial charge in [0.1, 0.15) is 0 Å². The summed E-state index contributed by atoms with van der Waals surface area (Å²) in [6.07, 6.45) is 0.986. The molecule has 15 heavy (non-hydrogen) atoms. The minimum atomic E-state index is 0.0841. The SMILES string of the molecule is CN(C)C(=O)N1CCCN(CCO)CC1. The van der Waals surface area contributed by atoms with Gasteiger partial charge in [-0.2, -0.15) is 0 Å². The first-order valence-electron chi connectivity index (χ1n) is 5.44. The predicted molar refractivity (Wildman–Crippen MR) is 58.8 cm³/mol. The molecule has 1 fully saturated rings. The molecule has 0 aromatic rings. The Hall–Kier alpha value is -0.810. The monoisotopic (exact) mass is 215 g/mol. The molecule has 1 saturated heterocycles. The number of nitrogens with zero attached hydrogens (tertiary/aromatic N) is 3. The molecule has 0 bridgehead atoms. The highest BCUT2D eigenvalue weighted by atomic mass is 16.3. The average Bonchev–Trinajstić information content (AvgIpc) is 2.43. The molecule has 0 radical (unpaired) electrons. The first kappa shape index (κ1) is 12.3. The van der Waals surface area contributed by atoms with Gasteiger partial charge in [0, 0.05) is 40.3 Å². The van der Waals surface area contributed by atoms with Crippen molar-refractivity contribution in [2.24, 2.45) is 0 Å². The molecule has 0 spiro atoms. The van der Waals surface area contributed by atoms with Gasteiger partial charge in [-0.3, -0.25) is 4.90 Å². The topological polar surface area (TPSA) is 47.0 Å². The first-order chi connectivity index (χ1) is 7.15. The number of aliphatic hydroxyl groups is 1. The summed E-state index contributed by atoms with van der Waals surface area (Å²) in [5.74, 6) is 0. The van der Waals surface area contributed by atoms with Gasteiger partial charge >= 0.3 is 6.03 Å². The Bertz CT molecular complexity index is 209. The zero-order valence-corrected chi connectivity index (χ0v) is 9.65. The summed E-state index contributed by atoms with van der Waals surface area (Å²) < 4.78 is 0. The van der Waals surface area contributed by atoms with Gasteiger partial charge in [0.25, 0.3) is 0 Å². The predicted octanol–water partition coefficient (Wildman–Crippen LogP) is -0.332. The summed E-state index contributed by atoms with van der Waals surface area (Å²) in [6.45, 7) is 4.32. The molecular formula is C10H21N3O2. The maximum absolute atomic E-state index is 11.7. The maximum Gasteiger partial charge on any atom is 0.319 e. The third kappa shape index (κ3) is 3.68. The lowest BCUT2D eigenvalue weighted by Crippen LogP contribution is -2.41. The van der Waals surface area contributed by atoms with Crippen LogP contribution in [-0.2, 0) is 0 Å². The highest BCUT2D eigenvalue weighted by Gasteiger charge is 2.19. The number of aliphatic hydroxyl groups excluding tert-OH is 1. The summed E-state index contributed by atoms with van der Waals surface area (Å²) in [5.41, 5.74) is 0. The van der Waals surface area contributed by atoms with Crippen molar-refractivity contribution >= 4 is 6.03 Å². The van der Waals surface area contributed by atoms with Crippen LogP contribution in [0.3, 0.4) is 0 Å². The third-order valence-electron chi connectivity index (χ3n) is 2.66. The van der Waals surface area contributed by atoms with Crippen LogP contribution < -0.4 is 0 Å². The fourth-order valence-electron chi connectivity index (χ4n) is 1.81. The van der Waals surface area contributed by atoms with E-state index in [1.54, 1.807) is 19.0 Å². The maximum atomic E-state index is 11.7. The Labute approximate surface area is 91.3 Å². The standard InChI is InChI=1S/C10H21N3O2/c1-11(2)10(15)13-5-3-4-12(6-7-13)8-9-14/h14H,3-9H2,1-2H3. The van der Waals surface area contributed by atoms with E-state index in [2.05, 4.69) is 4.90 Å². The minimum Gasteiger partial charge on any atom is -0.395 e. The van der Waals surface area contributed by atoms with Crippen molar-refractivity contribution in [3.8, 4) is 0 Å². The molecule has 5 nitrogen and oxygen atoms in total. The smallest absolute Gasteiger partial charge is 0.319 e. The molecule has 1 rings (SSSR count). The number of hydrogen-bond acceptors (Lipinski definition) is 3. The Morgan fingerprint density at radius 2 is 2.00 bits per heavy atom. The van der Waals surface area contributed by atoms with Gasteiger partial charge in [-0.1, -0.05) is 0 Å². The Kier molecular flexibility index (Phi) is 4.84. The summed E-state index contributed by atoms with van der Waals surface area (Å²) >= 11 is 0. The van der Waals surface area contributed by atoms with Crippen LogP contribution in [0.5, 0.6) is 0 Å². The van der Waals surface area contributed by atoms with Crippen molar-refractivity contribution in [3.05, 3.63) is 0 Å². The van der Waals surface area contributed by atoms with Crippen LogP contribution in [0.25, 0.3) is 0 Å². The van der Waals surface area contributed by atoms with Crippen molar-refractivity contribution in [3.63, 3.8) is 0 Å². The molecule has 0 atom stereocenters. The summed E-state index contributed by atoms with van der Waals surface area (Å²) in [7, 11) is 3.55. The van der Waals surface area contributed by atoms with Crippen molar-refractivity contribution in [2.45, 2.75) is 6.42 Å². The molecule has 1 N–H and O–H groups in total. The molecule has 1 heterocycles. The van der Waals surface area contributed by atoms with E-state index in [9.17, 15) is 4.79 Å². The second kappa shape index (κ2) is 5.92. The van der Waals surface area contributed by atoms with E-state index in [-0.39, 0.29) is 12.6 Å². The summed E-state index contributed by atoms with van der Waals surface area (Å²) in [4.78, 5) is 17.4. The van der Waals surface area contributed by atoms with Gasteiger partial charge in [-0.15, -0.1) is 0 Å². The molecule has 0 unspecified atom stereocenters. The number of carbonyl (C=O) groups excluding carboxylic acids is 1. The lowest BCUT2D eigenvalue weighted by Gasteiger charge is -2.24. The molecule has 88 valence electrons. The second-order valence-corrected chi connectivity index (χ2v) is 4.08. The van der Waals surface area contributed by atoms with Crippen LogP contribution in [-0.4, -0.2) is 79.3 Å². The molecule has 1 aliphatic heterocycles. The zero-order chi connectivity index (χ0) is 11.3. The third-order valence-corrected chi connectivity index (χ3v) is 2.66. The Morgan fingerprint density at radius 1 is 1.27 bits per heavy atom. The largest absolute Gasteiger partial charge is 0.395 e. The number of amides is 2. The molecule has 5 heteroatoms. The van der Waals surface area contributed by atoms with E-state index in [0.717, 1.165) is 32.6 Å². The number of hydrogen-bond donors (Lipinski definition) is 1. The molecule has 2 amide bonds. The van der Waals surface area contributed by atoms with E-state index >= 15 is 0 Å². The fraction of sp³-hybridized carbons (Fsp3) is 0.900. The highest BCUT2D eigenvalue weighted by molar-refractivity contribution is 5.73. The second-order valence-electron chi connectivity index (χ2n) is 4.08.